The first-order chi connectivity index (χ1) is 9.97. The Bertz CT molecular complexity index is 636. The Labute approximate surface area is 129 Å². The van der Waals surface area contributed by atoms with Crippen LogP contribution in [0.1, 0.15) is 28.1 Å². The van der Waals surface area contributed by atoms with Crippen LogP contribution >= 0.6 is 11.3 Å². The molecule has 0 saturated carbocycles. The van der Waals surface area contributed by atoms with Crippen molar-refractivity contribution in [3.8, 4) is 0 Å². The van der Waals surface area contributed by atoms with Gasteiger partial charge in [-0.15, -0.1) is 11.3 Å². The summed E-state index contributed by atoms with van der Waals surface area (Å²) in [5.74, 6) is 0.0683. The van der Waals surface area contributed by atoms with Gasteiger partial charge in [0.05, 0.1) is 17.2 Å². The Morgan fingerprint density at radius 3 is 2.67 bits per heavy atom. The first-order valence-corrected chi connectivity index (χ1v) is 7.75. The van der Waals surface area contributed by atoms with E-state index in [0.29, 0.717) is 6.54 Å². The molecule has 0 saturated heterocycles. The molecule has 1 N–H and O–H groups in total. The van der Waals surface area contributed by atoms with Gasteiger partial charge in [0.25, 0.3) is 0 Å². The summed E-state index contributed by atoms with van der Waals surface area (Å²) in [5, 5.41) is 4.55. The molecule has 1 amide bonds. The largest absolute Gasteiger partial charge is 0.380 e. The number of carbonyl (C=O) groups is 1. The van der Waals surface area contributed by atoms with Crippen LogP contribution < -0.4 is 5.32 Å². The van der Waals surface area contributed by atoms with Gasteiger partial charge < -0.3 is 10.2 Å². The van der Waals surface area contributed by atoms with Gasteiger partial charge in [-0.3, -0.25) is 4.79 Å². The van der Waals surface area contributed by atoms with Gasteiger partial charge in [0.1, 0.15) is 0 Å². The third-order valence-corrected chi connectivity index (χ3v) is 4.47. The zero-order valence-corrected chi connectivity index (χ0v) is 13.8. The van der Waals surface area contributed by atoms with Crippen LogP contribution in [0.25, 0.3) is 0 Å². The lowest BCUT2D eigenvalue weighted by atomic mass is 10.1. The van der Waals surface area contributed by atoms with Crippen LogP contribution in [0.4, 0.5) is 5.69 Å². The Hall–Kier alpha value is -1.88. The minimum Gasteiger partial charge on any atom is -0.380 e. The highest BCUT2D eigenvalue weighted by atomic mass is 32.1. The van der Waals surface area contributed by atoms with Crippen molar-refractivity contribution in [2.45, 2.75) is 33.9 Å². The number of hydrogen-bond donors (Lipinski definition) is 1. The Kier molecular flexibility index (Phi) is 4.96. The minimum absolute atomic E-state index is 0.0683. The molecule has 2 aromatic rings. The Balaban J connectivity index is 2.09. The molecule has 0 bridgehead atoms. The van der Waals surface area contributed by atoms with Crippen LogP contribution in [-0.2, 0) is 17.9 Å². The zero-order valence-electron chi connectivity index (χ0n) is 12.9. The molecular weight excluding hydrogens is 282 g/mol. The minimum atomic E-state index is 0.0683. The fourth-order valence-corrected chi connectivity index (χ4v) is 2.99. The number of nitrogens with zero attached hydrogens (tertiary/aromatic N) is 2. The van der Waals surface area contributed by atoms with E-state index in [9.17, 15) is 4.79 Å². The van der Waals surface area contributed by atoms with Gasteiger partial charge in [-0.1, -0.05) is 18.2 Å². The molecule has 1 heterocycles. The van der Waals surface area contributed by atoms with Gasteiger partial charge in [-0.2, -0.15) is 0 Å². The third kappa shape index (κ3) is 4.04. The van der Waals surface area contributed by atoms with Crippen molar-refractivity contribution >= 4 is 22.9 Å². The highest BCUT2D eigenvalue weighted by molar-refractivity contribution is 7.11. The van der Waals surface area contributed by atoms with Crippen molar-refractivity contribution in [3.05, 3.63) is 45.4 Å². The normalized spacial score (nSPS) is 10.5. The summed E-state index contributed by atoms with van der Waals surface area (Å²) in [6.45, 7) is 7.02. The molecule has 21 heavy (non-hydrogen) atoms. The molecule has 2 rings (SSSR count). The number of aromatic nitrogens is 1. The lowest BCUT2D eigenvalue weighted by Crippen LogP contribution is -2.23. The molecule has 4 nitrogen and oxygen atoms in total. The number of aryl methyl sites for hydroxylation is 2. The predicted molar refractivity (Wildman–Crippen MR) is 87.5 cm³/mol. The van der Waals surface area contributed by atoms with Crippen LogP contribution in [0.5, 0.6) is 0 Å². The average Bonchev–Trinajstić information content (AvgIpc) is 2.76. The number of benzene rings is 1. The van der Waals surface area contributed by atoms with E-state index < -0.39 is 0 Å². The van der Waals surface area contributed by atoms with Crippen LogP contribution in [0.3, 0.4) is 0 Å². The number of para-hydroxylation sites is 1. The van der Waals surface area contributed by atoms with Gasteiger partial charge in [-0.25, -0.2) is 4.98 Å². The smallest absolute Gasteiger partial charge is 0.219 e. The lowest BCUT2D eigenvalue weighted by Gasteiger charge is -2.18. The molecule has 0 aliphatic rings. The van der Waals surface area contributed by atoms with E-state index in [1.165, 1.54) is 4.88 Å². The monoisotopic (exact) mass is 303 g/mol. The van der Waals surface area contributed by atoms with Crippen LogP contribution in [-0.4, -0.2) is 22.8 Å². The number of rotatable bonds is 5. The van der Waals surface area contributed by atoms with Gasteiger partial charge in [-0.05, 0) is 25.5 Å². The molecule has 112 valence electrons. The second kappa shape index (κ2) is 6.72. The highest BCUT2D eigenvalue weighted by Crippen LogP contribution is 2.21. The predicted octanol–water partition coefficient (Wildman–Crippen LogP) is 3.35. The van der Waals surface area contributed by atoms with Crippen molar-refractivity contribution in [2.24, 2.45) is 0 Å². The summed E-state index contributed by atoms with van der Waals surface area (Å²) in [6, 6.07) is 8.10. The zero-order chi connectivity index (χ0) is 15.4. The van der Waals surface area contributed by atoms with Crippen molar-refractivity contribution < 1.29 is 4.79 Å². The number of amides is 1. The van der Waals surface area contributed by atoms with E-state index in [1.54, 1.807) is 23.2 Å². The van der Waals surface area contributed by atoms with Crippen molar-refractivity contribution in [3.63, 3.8) is 0 Å². The van der Waals surface area contributed by atoms with Gasteiger partial charge >= 0.3 is 0 Å². The summed E-state index contributed by atoms with van der Waals surface area (Å²) in [7, 11) is 1.82. The summed E-state index contributed by atoms with van der Waals surface area (Å²) >= 11 is 1.72. The highest BCUT2D eigenvalue weighted by Gasteiger charge is 2.09. The molecule has 1 aromatic carbocycles. The first-order valence-electron chi connectivity index (χ1n) is 6.93. The van der Waals surface area contributed by atoms with Crippen LogP contribution in [0.2, 0.25) is 0 Å². The number of anilines is 1. The summed E-state index contributed by atoms with van der Waals surface area (Å²) in [6.07, 6.45) is 0. The third-order valence-electron chi connectivity index (χ3n) is 3.40. The fraction of sp³-hybridized carbons (Fsp3) is 0.375. The van der Waals surface area contributed by atoms with E-state index in [4.69, 9.17) is 0 Å². The van der Waals surface area contributed by atoms with Gasteiger partial charge in [0, 0.05) is 31.1 Å². The summed E-state index contributed by atoms with van der Waals surface area (Å²) < 4.78 is 0. The molecular formula is C16H21N3OS. The molecule has 1 aromatic heterocycles. The van der Waals surface area contributed by atoms with Crippen molar-refractivity contribution in [1.82, 2.24) is 9.88 Å². The second-order valence-corrected chi connectivity index (χ2v) is 6.41. The average molecular weight is 303 g/mol. The van der Waals surface area contributed by atoms with E-state index in [2.05, 4.69) is 10.3 Å². The van der Waals surface area contributed by atoms with Crippen LogP contribution in [0.15, 0.2) is 24.3 Å². The maximum Gasteiger partial charge on any atom is 0.219 e. The van der Waals surface area contributed by atoms with E-state index in [0.717, 1.165) is 28.5 Å². The van der Waals surface area contributed by atoms with Crippen molar-refractivity contribution in [1.29, 1.82) is 0 Å². The molecule has 0 unspecified atom stereocenters. The number of nitrogens with one attached hydrogen (secondary N) is 1. The Morgan fingerprint density at radius 1 is 1.33 bits per heavy atom. The topological polar surface area (TPSA) is 45.2 Å². The van der Waals surface area contributed by atoms with Crippen LogP contribution in [0, 0.1) is 13.8 Å². The quantitative estimate of drug-likeness (QED) is 0.921. The SMILES string of the molecule is CC(=O)N(C)Cc1ccccc1NCc1sc(C)nc1C. The summed E-state index contributed by atoms with van der Waals surface area (Å²) in [5.41, 5.74) is 3.27. The molecule has 0 atom stereocenters. The number of thiazole rings is 1. The molecule has 0 radical (unpaired) electrons. The number of carbonyl (C=O) groups excluding carboxylic acids is 1. The standard InChI is InChI=1S/C16H21N3OS/c1-11-16(21-12(2)18-11)9-17-15-8-6-5-7-14(15)10-19(4)13(3)20/h5-8,17H,9-10H2,1-4H3. The molecule has 0 fully saturated rings. The van der Waals surface area contributed by atoms with Crippen molar-refractivity contribution in [2.75, 3.05) is 12.4 Å². The van der Waals surface area contributed by atoms with E-state index in [1.807, 2.05) is 45.2 Å². The van der Waals surface area contributed by atoms with E-state index in [-0.39, 0.29) is 5.91 Å². The molecule has 0 aliphatic carbocycles. The maximum absolute atomic E-state index is 11.4. The first kappa shape index (κ1) is 15.5. The fourth-order valence-electron chi connectivity index (χ4n) is 2.11. The molecule has 0 aliphatic heterocycles. The number of hydrogen-bond acceptors (Lipinski definition) is 4. The molecule has 5 heteroatoms. The summed E-state index contributed by atoms with van der Waals surface area (Å²) in [4.78, 5) is 18.8. The lowest BCUT2D eigenvalue weighted by molar-refractivity contribution is -0.128. The van der Waals surface area contributed by atoms with Gasteiger partial charge in [0.2, 0.25) is 5.91 Å². The molecule has 0 spiro atoms. The second-order valence-electron chi connectivity index (χ2n) is 5.13. The van der Waals surface area contributed by atoms with Gasteiger partial charge in [0.15, 0.2) is 0 Å². The Morgan fingerprint density at radius 2 is 2.05 bits per heavy atom. The van der Waals surface area contributed by atoms with E-state index >= 15 is 0 Å². The maximum atomic E-state index is 11.4.